The predicted molar refractivity (Wildman–Crippen MR) is 76.9 cm³/mol. The van der Waals surface area contributed by atoms with Gasteiger partial charge in [-0.3, -0.25) is 4.79 Å². The average Bonchev–Trinajstić information content (AvgIpc) is 2.88. The molecule has 0 aliphatic heterocycles. The lowest BCUT2D eigenvalue weighted by Crippen LogP contribution is -1.93. The number of carboxylic acids is 1. The number of aliphatic carboxylic acids is 1. The van der Waals surface area contributed by atoms with E-state index in [0.717, 1.165) is 31.4 Å². The Balaban J connectivity index is 1.82. The van der Waals surface area contributed by atoms with Crippen LogP contribution in [0.3, 0.4) is 0 Å². The quantitative estimate of drug-likeness (QED) is 0.579. The van der Waals surface area contributed by atoms with Gasteiger partial charge in [-0.15, -0.1) is 0 Å². The zero-order chi connectivity index (χ0) is 13.8. The van der Waals surface area contributed by atoms with Crippen LogP contribution in [0.25, 0.3) is 6.08 Å². The molecule has 1 aromatic heterocycles. The van der Waals surface area contributed by atoms with Crippen LogP contribution in [0.4, 0.5) is 0 Å². The van der Waals surface area contributed by atoms with Crippen molar-refractivity contribution in [3.63, 3.8) is 0 Å². The molecule has 3 heteroatoms. The molecule has 0 saturated carbocycles. The second kappa shape index (κ2) is 10.4. The summed E-state index contributed by atoms with van der Waals surface area (Å²) in [6.07, 6.45) is 15.2. The van der Waals surface area contributed by atoms with Crippen LogP contribution >= 0.6 is 0 Å². The molecule has 0 atom stereocenters. The summed E-state index contributed by atoms with van der Waals surface area (Å²) in [6, 6.07) is 3.84. The minimum absolute atomic E-state index is 0.317. The minimum atomic E-state index is -0.677. The van der Waals surface area contributed by atoms with Gasteiger partial charge >= 0.3 is 5.97 Å². The Hall–Kier alpha value is -1.51. The van der Waals surface area contributed by atoms with Crippen LogP contribution in [0.15, 0.2) is 28.9 Å². The highest BCUT2D eigenvalue weighted by molar-refractivity contribution is 5.66. The predicted octanol–water partition coefficient (Wildman–Crippen LogP) is 4.89. The first-order valence-electron chi connectivity index (χ1n) is 7.21. The lowest BCUT2D eigenvalue weighted by Gasteiger charge is -2.00. The number of allylic oxidation sites excluding steroid dienone is 1. The molecule has 0 aliphatic rings. The largest absolute Gasteiger partial charge is 0.481 e. The molecule has 1 aromatic rings. The monoisotopic (exact) mass is 264 g/mol. The van der Waals surface area contributed by atoms with E-state index >= 15 is 0 Å². The standard InChI is InChI=1S/C16H24O3/c17-16(18)13-9-7-5-3-1-2-4-6-8-11-15-12-10-14-19-15/h8,10-12,14H,1-7,9,13H2,(H,17,18). The van der Waals surface area contributed by atoms with Gasteiger partial charge in [0.2, 0.25) is 0 Å². The third-order valence-electron chi connectivity index (χ3n) is 3.09. The van der Waals surface area contributed by atoms with Crippen LogP contribution in [0.5, 0.6) is 0 Å². The molecule has 0 saturated heterocycles. The van der Waals surface area contributed by atoms with Gasteiger partial charge in [-0.25, -0.2) is 0 Å². The topological polar surface area (TPSA) is 50.4 Å². The number of hydrogen-bond donors (Lipinski definition) is 1. The van der Waals surface area contributed by atoms with Gasteiger partial charge in [-0.2, -0.15) is 0 Å². The maximum atomic E-state index is 10.3. The number of carboxylic acid groups (broad SMARTS) is 1. The van der Waals surface area contributed by atoms with Crippen LogP contribution in [-0.4, -0.2) is 11.1 Å². The highest BCUT2D eigenvalue weighted by Crippen LogP contribution is 2.11. The highest BCUT2D eigenvalue weighted by Gasteiger charge is 1.96. The Morgan fingerprint density at radius 1 is 1.11 bits per heavy atom. The van der Waals surface area contributed by atoms with E-state index in [9.17, 15) is 4.79 Å². The second-order valence-electron chi connectivity index (χ2n) is 4.83. The molecule has 0 unspecified atom stereocenters. The first kappa shape index (κ1) is 15.5. The Morgan fingerprint density at radius 3 is 2.42 bits per heavy atom. The van der Waals surface area contributed by atoms with Gasteiger partial charge in [0.05, 0.1) is 6.26 Å². The number of rotatable bonds is 11. The Bertz CT molecular complexity index is 352. The van der Waals surface area contributed by atoms with E-state index < -0.39 is 5.97 Å². The summed E-state index contributed by atoms with van der Waals surface area (Å²) in [6.45, 7) is 0. The Kier molecular flexibility index (Phi) is 8.52. The molecule has 1 rings (SSSR count). The SMILES string of the molecule is O=C(O)CCCCCCCCCC=Cc1ccco1. The number of furan rings is 1. The molecule has 19 heavy (non-hydrogen) atoms. The molecular weight excluding hydrogens is 240 g/mol. The zero-order valence-electron chi connectivity index (χ0n) is 11.5. The van der Waals surface area contributed by atoms with E-state index in [1.54, 1.807) is 6.26 Å². The maximum Gasteiger partial charge on any atom is 0.303 e. The van der Waals surface area contributed by atoms with Crippen molar-refractivity contribution < 1.29 is 14.3 Å². The van der Waals surface area contributed by atoms with Gasteiger partial charge in [0.1, 0.15) is 5.76 Å². The fourth-order valence-corrected chi connectivity index (χ4v) is 2.01. The van der Waals surface area contributed by atoms with Gasteiger partial charge in [-0.05, 0) is 37.5 Å². The summed E-state index contributed by atoms with van der Waals surface area (Å²) in [7, 11) is 0. The molecule has 1 heterocycles. The lowest BCUT2D eigenvalue weighted by atomic mass is 10.1. The third kappa shape index (κ3) is 9.11. The summed E-state index contributed by atoms with van der Waals surface area (Å²) in [5, 5.41) is 8.49. The van der Waals surface area contributed by atoms with Crippen molar-refractivity contribution in [3.05, 3.63) is 30.2 Å². The van der Waals surface area contributed by atoms with Crippen molar-refractivity contribution in [1.82, 2.24) is 0 Å². The smallest absolute Gasteiger partial charge is 0.303 e. The van der Waals surface area contributed by atoms with Gasteiger partial charge < -0.3 is 9.52 Å². The van der Waals surface area contributed by atoms with E-state index in [1.807, 2.05) is 18.2 Å². The molecule has 106 valence electrons. The molecule has 0 spiro atoms. The van der Waals surface area contributed by atoms with Gasteiger partial charge in [-0.1, -0.05) is 38.2 Å². The molecular formula is C16H24O3. The van der Waals surface area contributed by atoms with E-state index in [1.165, 1.54) is 25.7 Å². The molecule has 0 bridgehead atoms. The van der Waals surface area contributed by atoms with Gasteiger partial charge in [0, 0.05) is 6.42 Å². The Morgan fingerprint density at radius 2 is 1.79 bits per heavy atom. The van der Waals surface area contributed by atoms with E-state index in [2.05, 4.69) is 6.08 Å². The van der Waals surface area contributed by atoms with Crippen LogP contribution in [0.1, 0.15) is 63.5 Å². The van der Waals surface area contributed by atoms with Crippen LogP contribution in [0.2, 0.25) is 0 Å². The van der Waals surface area contributed by atoms with Crippen molar-refractivity contribution in [2.75, 3.05) is 0 Å². The van der Waals surface area contributed by atoms with Crippen LogP contribution < -0.4 is 0 Å². The number of hydrogen-bond acceptors (Lipinski definition) is 2. The van der Waals surface area contributed by atoms with Gasteiger partial charge in [0.15, 0.2) is 0 Å². The average molecular weight is 264 g/mol. The molecule has 1 N–H and O–H groups in total. The zero-order valence-corrected chi connectivity index (χ0v) is 11.5. The minimum Gasteiger partial charge on any atom is -0.481 e. The Labute approximate surface area is 115 Å². The summed E-state index contributed by atoms with van der Waals surface area (Å²) in [5.74, 6) is 0.238. The molecule has 0 radical (unpaired) electrons. The second-order valence-corrected chi connectivity index (χ2v) is 4.83. The molecule has 0 amide bonds. The molecule has 0 fully saturated rings. The molecule has 0 aliphatic carbocycles. The number of unbranched alkanes of at least 4 members (excludes halogenated alkanes) is 7. The molecule has 3 nitrogen and oxygen atoms in total. The van der Waals surface area contributed by atoms with E-state index in [0.29, 0.717) is 6.42 Å². The first-order valence-corrected chi connectivity index (χ1v) is 7.21. The maximum absolute atomic E-state index is 10.3. The van der Waals surface area contributed by atoms with Crippen molar-refractivity contribution in [2.45, 2.75) is 57.8 Å². The van der Waals surface area contributed by atoms with Crippen molar-refractivity contribution in [3.8, 4) is 0 Å². The lowest BCUT2D eigenvalue weighted by molar-refractivity contribution is -0.137. The van der Waals surface area contributed by atoms with E-state index in [-0.39, 0.29) is 0 Å². The summed E-state index contributed by atoms with van der Waals surface area (Å²) < 4.78 is 5.20. The van der Waals surface area contributed by atoms with E-state index in [4.69, 9.17) is 9.52 Å². The normalized spacial score (nSPS) is 11.2. The molecule has 0 aromatic carbocycles. The summed E-state index contributed by atoms with van der Waals surface area (Å²) in [5.41, 5.74) is 0. The van der Waals surface area contributed by atoms with Gasteiger partial charge in [0.25, 0.3) is 0 Å². The van der Waals surface area contributed by atoms with Crippen molar-refractivity contribution >= 4 is 12.0 Å². The van der Waals surface area contributed by atoms with Crippen molar-refractivity contribution in [1.29, 1.82) is 0 Å². The summed E-state index contributed by atoms with van der Waals surface area (Å²) >= 11 is 0. The fourth-order valence-electron chi connectivity index (χ4n) is 2.01. The fraction of sp³-hybridized carbons (Fsp3) is 0.562. The summed E-state index contributed by atoms with van der Waals surface area (Å²) in [4.78, 5) is 10.3. The van der Waals surface area contributed by atoms with Crippen LogP contribution in [-0.2, 0) is 4.79 Å². The third-order valence-corrected chi connectivity index (χ3v) is 3.09. The van der Waals surface area contributed by atoms with Crippen LogP contribution in [0, 0.1) is 0 Å². The number of carbonyl (C=O) groups is 1. The highest BCUT2D eigenvalue weighted by atomic mass is 16.4. The first-order chi connectivity index (χ1) is 9.29. The van der Waals surface area contributed by atoms with Crippen molar-refractivity contribution in [2.24, 2.45) is 0 Å².